The SMILES string of the molecule is CCn1c(Cc2ccccc2)nn(C[NH+]2CCN(c3ccccc3)CC2)c1=S. The third-order valence-electron chi connectivity index (χ3n) is 5.49. The summed E-state index contributed by atoms with van der Waals surface area (Å²) in [5, 5.41) is 4.89. The number of piperazine rings is 1. The number of aromatic nitrogens is 3. The molecule has 6 heteroatoms. The van der Waals surface area contributed by atoms with Gasteiger partial charge in [0.25, 0.3) is 0 Å². The molecule has 4 rings (SSSR count). The summed E-state index contributed by atoms with van der Waals surface area (Å²) in [4.78, 5) is 4.00. The van der Waals surface area contributed by atoms with Crippen LogP contribution in [0.1, 0.15) is 18.3 Å². The first-order valence-electron chi connectivity index (χ1n) is 10.1. The van der Waals surface area contributed by atoms with E-state index >= 15 is 0 Å². The number of nitrogens with zero attached hydrogens (tertiary/aromatic N) is 4. The van der Waals surface area contributed by atoms with Crippen molar-refractivity contribution in [2.24, 2.45) is 0 Å². The van der Waals surface area contributed by atoms with Crippen LogP contribution in [0, 0.1) is 4.77 Å². The Morgan fingerprint density at radius 1 is 0.964 bits per heavy atom. The minimum absolute atomic E-state index is 0.822. The highest BCUT2D eigenvalue weighted by Crippen LogP contribution is 2.13. The summed E-state index contributed by atoms with van der Waals surface area (Å²) in [5.74, 6) is 1.06. The van der Waals surface area contributed by atoms with Crippen LogP contribution in [0.15, 0.2) is 60.7 Å². The van der Waals surface area contributed by atoms with Crippen LogP contribution in [0.25, 0.3) is 0 Å². The first-order valence-corrected chi connectivity index (χ1v) is 10.5. The number of quaternary nitrogens is 1. The molecule has 1 fully saturated rings. The van der Waals surface area contributed by atoms with Gasteiger partial charge in [-0.1, -0.05) is 48.5 Å². The van der Waals surface area contributed by atoms with Crippen LogP contribution in [0.5, 0.6) is 0 Å². The Hall–Kier alpha value is -2.44. The standard InChI is InChI=1S/C22H27N5S/c1-2-26-21(17-19-9-5-3-6-10-19)23-27(22(26)28)18-24-13-15-25(16-14-24)20-11-7-4-8-12-20/h3-12H,2,13-18H2,1H3/p+1. The topological polar surface area (TPSA) is 30.4 Å². The Morgan fingerprint density at radius 2 is 1.61 bits per heavy atom. The summed E-state index contributed by atoms with van der Waals surface area (Å²) in [5.41, 5.74) is 2.59. The quantitative estimate of drug-likeness (QED) is 0.651. The zero-order valence-electron chi connectivity index (χ0n) is 16.4. The lowest BCUT2D eigenvalue weighted by atomic mass is 10.1. The average molecular weight is 395 g/mol. The van der Waals surface area contributed by atoms with E-state index in [1.165, 1.54) is 16.2 Å². The van der Waals surface area contributed by atoms with Crippen LogP contribution in [0.3, 0.4) is 0 Å². The molecule has 0 spiro atoms. The molecule has 28 heavy (non-hydrogen) atoms. The van der Waals surface area contributed by atoms with Crippen LogP contribution < -0.4 is 9.80 Å². The largest absolute Gasteiger partial charge is 0.360 e. The molecule has 1 saturated heterocycles. The summed E-state index contributed by atoms with van der Waals surface area (Å²) < 4.78 is 5.04. The first-order chi connectivity index (χ1) is 13.7. The highest BCUT2D eigenvalue weighted by Gasteiger charge is 2.22. The fourth-order valence-electron chi connectivity index (χ4n) is 3.91. The molecule has 1 aromatic heterocycles. The van der Waals surface area contributed by atoms with E-state index in [-0.39, 0.29) is 0 Å². The molecule has 1 N–H and O–H groups in total. The maximum Gasteiger partial charge on any atom is 0.202 e. The first kappa shape index (κ1) is 18.9. The van der Waals surface area contributed by atoms with E-state index in [0.29, 0.717) is 0 Å². The second-order valence-corrected chi connectivity index (χ2v) is 7.70. The summed E-state index contributed by atoms with van der Waals surface area (Å²) in [7, 11) is 0. The predicted molar refractivity (Wildman–Crippen MR) is 115 cm³/mol. The fourth-order valence-corrected chi connectivity index (χ4v) is 4.25. The summed E-state index contributed by atoms with van der Waals surface area (Å²) in [6.07, 6.45) is 0.822. The number of hydrogen-bond acceptors (Lipinski definition) is 3. The second-order valence-electron chi connectivity index (χ2n) is 7.34. The van der Waals surface area contributed by atoms with E-state index < -0.39 is 0 Å². The molecule has 0 aliphatic carbocycles. The molecule has 2 heterocycles. The lowest BCUT2D eigenvalue weighted by molar-refractivity contribution is -0.924. The van der Waals surface area contributed by atoms with Gasteiger partial charge in [-0.3, -0.25) is 0 Å². The number of para-hydroxylation sites is 1. The molecular formula is C22H28N5S+. The van der Waals surface area contributed by atoms with Gasteiger partial charge in [-0.15, -0.1) is 0 Å². The van der Waals surface area contributed by atoms with Gasteiger partial charge in [0.05, 0.1) is 26.2 Å². The summed E-state index contributed by atoms with van der Waals surface area (Å²) in [6, 6.07) is 21.2. The zero-order chi connectivity index (χ0) is 19.3. The molecule has 3 aromatic rings. The second kappa shape index (κ2) is 8.71. The minimum Gasteiger partial charge on any atom is -0.360 e. The monoisotopic (exact) mass is 394 g/mol. The number of nitrogens with one attached hydrogen (secondary N) is 1. The maximum atomic E-state index is 5.74. The molecule has 0 saturated carbocycles. The zero-order valence-corrected chi connectivity index (χ0v) is 17.2. The van der Waals surface area contributed by atoms with Crippen LogP contribution >= 0.6 is 12.2 Å². The van der Waals surface area contributed by atoms with Crippen LogP contribution in [-0.4, -0.2) is 40.5 Å². The molecule has 1 aliphatic rings. The van der Waals surface area contributed by atoms with Crippen molar-refractivity contribution in [1.29, 1.82) is 0 Å². The molecule has 0 amide bonds. The smallest absolute Gasteiger partial charge is 0.202 e. The van der Waals surface area contributed by atoms with Gasteiger partial charge >= 0.3 is 0 Å². The maximum absolute atomic E-state index is 5.74. The Balaban J connectivity index is 1.43. The van der Waals surface area contributed by atoms with Gasteiger partial charge in [0.15, 0.2) is 6.67 Å². The molecule has 0 bridgehead atoms. The summed E-state index contributed by atoms with van der Waals surface area (Å²) in [6.45, 7) is 8.18. The van der Waals surface area contributed by atoms with Gasteiger partial charge in [-0.25, -0.2) is 0 Å². The van der Waals surface area contributed by atoms with E-state index in [9.17, 15) is 0 Å². The highest BCUT2D eigenvalue weighted by atomic mass is 32.1. The molecule has 0 atom stereocenters. The molecular weight excluding hydrogens is 366 g/mol. The number of rotatable bonds is 6. The highest BCUT2D eigenvalue weighted by molar-refractivity contribution is 7.71. The Kier molecular flexibility index (Phi) is 5.88. The van der Waals surface area contributed by atoms with E-state index in [1.807, 2.05) is 10.7 Å². The Morgan fingerprint density at radius 3 is 2.25 bits per heavy atom. The third kappa shape index (κ3) is 4.18. The fraction of sp³-hybridized carbons (Fsp3) is 0.364. The lowest BCUT2D eigenvalue weighted by Gasteiger charge is -2.33. The van der Waals surface area contributed by atoms with E-state index in [4.69, 9.17) is 17.3 Å². The van der Waals surface area contributed by atoms with Crippen LogP contribution in [0.2, 0.25) is 0 Å². The van der Waals surface area contributed by atoms with Gasteiger partial charge in [0.1, 0.15) is 5.82 Å². The number of benzene rings is 2. The van der Waals surface area contributed by atoms with Crippen molar-refractivity contribution in [1.82, 2.24) is 14.3 Å². The van der Waals surface area contributed by atoms with Crippen molar-refractivity contribution in [3.8, 4) is 0 Å². The van der Waals surface area contributed by atoms with Gasteiger partial charge in [0, 0.05) is 18.7 Å². The average Bonchev–Trinajstić information content (AvgIpc) is 3.04. The van der Waals surface area contributed by atoms with E-state index in [1.54, 1.807) is 0 Å². The molecule has 146 valence electrons. The Bertz CT molecular complexity index is 940. The molecule has 5 nitrogen and oxygen atoms in total. The molecule has 0 radical (unpaired) electrons. The minimum atomic E-state index is 0.822. The normalized spacial score (nSPS) is 15.1. The van der Waals surface area contributed by atoms with Crippen molar-refractivity contribution in [2.45, 2.75) is 26.6 Å². The van der Waals surface area contributed by atoms with Crippen LogP contribution in [-0.2, 0) is 19.6 Å². The van der Waals surface area contributed by atoms with Gasteiger partial charge in [-0.2, -0.15) is 9.78 Å². The van der Waals surface area contributed by atoms with Gasteiger partial charge < -0.3 is 14.4 Å². The van der Waals surface area contributed by atoms with E-state index in [0.717, 1.165) is 56.4 Å². The molecule has 1 aliphatic heterocycles. The van der Waals surface area contributed by atoms with Crippen molar-refractivity contribution in [2.75, 3.05) is 31.1 Å². The van der Waals surface area contributed by atoms with E-state index in [2.05, 4.69) is 71.0 Å². The van der Waals surface area contributed by atoms with Crippen molar-refractivity contribution in [3.63, 3.8) is 0 Å². The van der Waals surface area contributed by atoms with Crippen molar-refractivity contribution in [3.05, 3.63) is 76.8 Å². The third-order valence-corrected chi connectivity index (χ3v) is 5.92. The lowest BCUT2D eigenvalue weighted by Crippen LogP contribution is -3.14. The van der Waals surface area contributed by atoms with Crippen molar-refractivity contribution >= 4 is 17.9 Å². The Labute approximate surface area is 171 Å². The van der Waals surface area contributed by atoms with Crippen LogP contribution in [0.4, 0.5) is 5.69 Å². The number of hydrogen-bond donors (Lipinski definition) is 1. The summed E-state index contributed by atoms with van der Waals surface area (Å²) >= 11 is 5.74. The van der Waals surface area contributed by atoms with Gasteiger partial charge in [-0.05, 0) is 36.8 Å². The molecule has 2 aromatic carbocycles. The van der Waals surface area contributed by atoms with Crippen molar-refractivity contribution < 1.29 is 4.90 Å². The molecule has 0 unspecified atom stereocenters. The van der Waals surface area contributed by atoms with Gasteiger partial charge in [0.2, 0.25) is 4.77 Å². The predicted octanol–water partition coefficient (Wildman–Crippen LogP) is 2.39. The number of anilines is 1.